The van der Waals surface area contributed by atoms with Gasteiger partial charge in [0, 0.05) is 7.05 Å². The van der Waals surface area contributed by atoms with Gasteiger partial charge in [-0.3, -0.25) is 9.59 Å². The topological polar surface area (TPSA) is 99.1 Å². The lowest BCUT2D eigenvalue weighted by molar-refractivity contribution is -0.132. The third-order valence-electron chi connectivity index (χ3n) is 3.52. The van der Waals surface area contributed by atoms with Crippen LogP contribution in [0.3, 0.4) is 0 Å². The number of ether oxygens (including phenoxy) is 1. The van der Waals surface area contributed by atoms with E-state index in [2.05, 4.69) is 9.97 Å². The van der Waals surface area contributed by atoms with Gasteiger partial charge in [-0.2, -0.15) is 5.26 Å². The van der Waals surface area contributed by atoms with Crippen LogP contribution in [0.1, 0.15) is 11.4 Å². The van der Waals surface area contributed by atoms with E-state index in [-0.39, 0.29) is 24.6 Å². The van der Waals surface area contributed by atoms with E-state index in [0.29, 0.717) is 27.4 Å². The highest BCUT2D eigenvalue weighted by Crippen LogP contribution is 2.14. The lowest BCUT2D eigenvalue weighted by Crippen LogP contribution is -2.32. The smallest absolute Gasteiger partial charge is 0.268 e. The zero-order valence-electron chi connectivity index (χ0n) is 13.4. The van der Waals surface area contributed by atoms with Crippen molar-refractivity contribution in [2.75, 3.05) is 13.7 Å². The van der Waals surface area contributed by atoms with Crippen LogP contribution in [-0.4, -0.2) is 34.4 Å². The number of rotatable bonds is 5. The van der Waals surface area contributed by atoms with Crippen LogP contribution in [0.5, 0.6) is 5.75 Å². The number of aromatic amines is 1. The van der Waals surface area contributed by atoms with Crippen molar-refractivity contribution in [3.63, 3.8) is 0 Å². The van der Waals surface area contributed by atoms with Gasteiger partial charge in [-0.25, -0.2) is 4.98 Å². The van der Waals surface area contributed by atoms with E-state index in [4.69, 9.17) is 10.00 Å². The largest absolute Gasteiger partial charge is 0.484 e. The number of aromatic nitrogens is 2. The summed E-state index contributed by atoms with van der Waals surface area (Å²) in [6.07, 6.45) is 0. The molecular formula is C17H14N4O3S. The number of carbonyl (C=O) groups excluding carboxylic acids is 1. The molecule has 8 heteroatoms. The number of hydrogen-bond donors (Lipinski definition) is 1. The van der Waals surface area contributed by atoms with Crippen LogP contribution in [0.25, 0.3) is 10.2 Å². The summed E-state index contributed by atoms with van der Waals surface area (Å²) in [5, 5.41) is 10.6. The molecule has 3 rings (SSSR count). The van der Waals surface area contributed by atoms with Crippen molar-refractivity contribution < 1.29 is 9.53 Å². The number of nitriles is 1. The fourth-order valence-electron chi connectivity index (χ4n) is 2.19. The number of hydrogen-bond acceptors (Lipinski definition) is 6. The number of likely N-dealkylation sites (N-methyl/N-ethyl adjacent to an activating group) is 1. The molecule has 0 aliphatic rings. The Hall–Kier alpha value is -3.18. The van der Waals surface area contributed by atoms with Crippen molar-refractivity contribution in [3.8, 4) is 11.8 Å². The second-order valence-corrected chi connectivity index (χ2v) is 6.24. The van der Waals surface area contributed by atoms with Gasteiger partial charge in [0.15, 0.2) is 6.61 Å². The third-order valence-corrected chi connectivity index (χ3v) is 4.42. The van der Waals surface area contributed by atoms with Crippen LogP contribution in [0.2, 0.25) is 0 Å². The molecule has 0 saturated carbocycles. The van der Waals surface area contributed by atoms with Gasteiger partial charge in [0.25, 0.3) is 11.5 Å². The Labute approximate surface area is 147 Å². The third kappa shape index (κ3) is 3.84. The lowest BCUT2D eigenvalue weighted by atomic mass is 10.2. The number of benzene rings is 1. The van der Waals surface area contributed by atoms with Crippen LogP contribution in [0.15, 0.2) is 40.5 Å². The summed E-state index contributed by atoms with van der Waals surface area (Å²) in [7, 11) is 1.61. The number of nitrogens with one attached hydrogen (secondary N) is 1. The molecule has 7 nitrogen and oxygen atoms in total. The van der Waals surface area contributed by atoms with Crippen molar-refractivity contribution in [1.82, 2.24) is 14.9 Å². The fourth-order valence-corrected chi connectivity index (χ4v) is 2.92. The van der Waals surface area contributed by atoms with E-state index in [0.717, 1.165) is 0 Å². The highest BCUT2D eigenvalue weighted by molar-refractivity contribution is 7.17. The molecule has 2 heterocycles. The van der Waals surface area contributed by atoms with Crippen LogP contribution >= 0.6 is 11.3 Å². The van der Waals surface area contributed by atoms with Crippen molar-refractivity contribution in [2.24, 2.45) is 0 Å². The van der Waals surface area contributed by atoms with E-state index in [1.165, 1.54) is 16.2 Å². The van der Waals surface area contributed by atoms with Gasteiger partial charge in [0.1, 0.15) is 16.3 Å². The predicted octanol–water partition coefficient (Wildman–Crippen LogP) is 1.89. The molecule has 1 amide bonds. The minimum absolute atomic E-state index is 0.146. The van der Waals surface area contributed by atoms with Crippen molar-refractivity contribution in [2.45, 2.75) is 6.54 Å². The molecule has 0 atom stereocenters. The molecule has 0 fully saturated rings. The monoisotopic (exact) mass is 354 g/mol. The molecule has 126 valence electrons. The average Bonchev–Trinajstić information content (AvgIpc) is 3.09. The number of H-pyrrole nitrogens is 1. The molecule has 0 aliphatic carbocycles. The van der Waals surface area contributed by atoms with Crippen LogP contribution in [0.4, 0.5) is 0 Å². The maximum absolute atomic E-state index is 12.2. The zero-order chi connectivity index (χ0) is 17.8. The Morgan fingerprint density at radius 2 is 2.12 bits per heavy atom. The maximum Gasteiger partial charge on any atom is 0.268 e. The Balaban J connectivity index is 1.61. The maximum atomic E-state index is 12.2. The summed E-state index contributed by atoms with van der Waals surface area (Å²) < 4.78 is 5.99. The van der Waals surface area contributed by atoms with Gasteiger partial charge in [-0.15, -0.1) is 11.3 Å². The number of fused-ring (bicyclic) bond motifs is 1. The molecule has 0 bridgehead atoms. The first-order valence-corrected chi connectivity index (χ1v) is 8.28. The summed E-state index contributed by atoms with van der Waals surface area (Å²) in [5.74, 6) is 0.675. The summed E-state index contributed by atoms with van der Waals surface area (Å²) >= 11 is 1.33. The number of amides is 1. The van der Waals surface area contributed by atoms with E-state index in [1.54, 1.807) is 42.8 Å². The number of carbonyl (C=O) groups is 1. The van der Waals surface area contributed by atoms with E-state index < -0.39 is 0 Å². The molecule has 25 heavy (non-hydrogen) atoms. The second-order valence-electron chi connectivity index (χ2n) is 5.32. The summed E-state index contributed by atoms with van der Waals surface area (Å²) in [6, 6.07) is 10.3. The highest BCUT2D eigenvalue weighted by atomic mass is 32.1. The molecule has 0 spiro atoms. The van der Waals surface area contributed by atoms with Crippen molar-refractivity contribution >= 4 is 27.5 Å². The molecular weight excluding hydrogens is 340 g/mol. The van der Waals surface area contributed by atoms with Gasteiger partial charge in [0.2, 0.25) is 0 Å². The highest BCUT2D eigenvalue weighted by Gasteiger charge is 2.13. The van der Waals surface area contributed by atoms with Crippen molar-refractivity contribution in [1.29, 1.82) is 5.26 Å². The molecule has 0 aliphatic heterocycles. The van der Waals surface area contributed by atoms with Gasteiger partial charge < -0.3 is 14.6 Å². The Morgan fingerprint density at radius 1 is 1.36 bits per heavy atom. The molecule has 1 aromatic carbocycles. The summed E-state index contributed by atoms with van der Waals surface area (Å²) in [6.45, 7) is 0.0317. The SMILES string of the molecule is CN(Cc1nc2ccsc2c(=O)[nH]1)C(=O)COc1ccc(C#N)cc1. The summed E-state index contributed by atoms with van der Waals surface area (Å²) in [5.41, 5.74) is 0.942. The molecule has 0 unspecified atom stereocenters. The Kier molecular flexibility index (Phi) is 4.77. The lowest BCUT2D eigenvalue weighted by Gasteiger charge is -2.16. The quantitative estimate of drug-likeness (QED) is 0.754. The van der Waals surface area contributed by atoms with Crippen LogP contribution < -0.4 is 10.3 Å². The Morgan fingerprint density at radius 3 is 2.84 bits per heavy atom. The van der Waals surface area contributed by atoms with Gasteiger partial charge in [-0.1, -0.05) is 0 Å². The van der Waals surface area contributed by atoms with Gasteiger partial charge in [-0.05, 0) is 35.7 Å². The first kappa shape index (κ1) is 16.7. The van der Waals surface area contributed by atoms with Crippen molar-refractivity contribution in [3.05, 3.63) is 57.5 Å². The molecule has 2 aromatic heterocycles. The normalized spacial score (nSPS) is 10.4. The van der Waals surface area contributed by atoms with Gasteiger partial charge in [0.05, 0.1) is 23.7 Å². The standard InChI is InChI=1S/C17H14N4O3S/c1-21(9-14-19-13-6-7-25-16(13)17(23)20-14)15(22)10-24-12-4-2-11(8-18)3-5-12/h2-7H,9-10H2,1H3,(H,19,20,23). The fraction of sp³-hybridized carbons (Fsp3) is 0.176. The summed E-state index contributed by atoms with van der Waals surface area (Å²) in [4.78, 5) is 32.6. The number of nitrogens with zero attached hydrogens (tertiary/aromatic N) is 3. The molecule has 0 saturated heterocycles. The zero-order valence-corrected chi connectivity index (χ0v) is 14.2. The van der Waals surface area contributed by atoms with E-state index in [1.807, 2.05) is 6.07 Å². The molecule has 0 radical (unpaired) electrons. The van der Waals surface area contributed by atoms with Gasteiger partial charge >= 0.3 is 0 Å². The average molecular weight is 354 g/mol. The second kappa shape index (κ2) is 7.15. The van der Waals surface area contributed by atoms with Crippen LogP contribution in [0, 0.1) is 11.3 Å². The van der Waals surface area contributed by atoms with E-state index >= 15 is 0 Å². The molecule has 3 aromatic rings. The predicted molar refractivity (Wildman–Crippen MR) is 93.4 cm³/mol. The van der Waals surface area contributed by atoms with Crippen LogP contribution in [-0.2, 0) is 11.3 Å². The minimum atomic E-state index is -0.252. The number of thiophene rings is 1. The first-order chi connectivity index (χ1) is 12.1. The Bertz CT molecular complexity index is 1000. The minimum Gasteiger partial charge on any atom is -0.484 e. The first-order valence-electron chi connectivity index (χ1n) is 7.40. The van der Waals surface area contributed by atoms with E-state index in [9.17, 15) is 9.59 Å². The molecule has 1 N–H and O–H groups in total.